The first kappa shape index (κ1) is 16.5. The molecule has 0 atom stereocenters. The van der Waals surface area contributed by atoms with Gasteiger partial charge < -0.3 is 9.73 Å². The van der Waals surface area contributed by atoms with E-state index in [1.54, 1.807) is 19.3 Å². The largest absolute Gasteiger partial charge is 0.467 e. The van der Waals surface area contributed by atoms with Crippen LogP contribution in [0.3, 0.4) is 0 Å². The maximum absolute atomic E-state index is 11.0. The molecule has 2 heterocycles. The van der Waals surface area contributed by atoms with Crippen LogP contribution in [-0.4, -0.2) is 15.1 Å². The smallest absolute Gasteiger partial charge is 0.272 e. The summed E-state index contributed by atoms with van der Waals surface area (Å²) in [6.07, 6.45) is 1.62. The number of hydrogen-bond donors (Lipinski definition) is 1. The molecule has 124 valence electrons. The van der Waals surface area contributed by atoms with Gasteiger partial charge in [-0.25, -0.2) is 0 Å². The van der Waals surface area contributed by atoms with Gasteiger partial charge in [-0.3, -0.25) is 10.1 Å². The number of hydrogen-bond acceptors (Lipinski definition) is 8. The second-order valence-corrected chi connectivity index (χ2v) is 7.11. The standard InChI is InChI=1S/C15H14N4O3S2/c1-10-11(4-2-6-13(10)19(20)21)9-23-15-18-17-14(24-15)16-8-12-5-3-7-22-12/h2-7H,8-9H2,1H3,(H,16,17). The monoisotopic (exact) mass is 362 g/mol. The number of benzene rings is 1. The van der Waals surface area contributed by atoms with Gasteiger partial charge in [0.05, 0.1) is 17.7 Å². The van der Waals surface area contributed by atoms with Gasteiger partial charge in [0.2, 0.25) is 5.13 Å². The fourth-order valence-corrected chi connectivity index (χ4v) is 3.89. The average molecular weight is 362 g/mol. The second-order valence-electron chi connectivity index (χ2n) is 4.91. The number of nitro groups is 1. The predicted molar refractivity (Wildman–Crippen MR) is 93.3 cm³/mol. The van der Waals surface area contributed by atoms with Crippen LogP contribution in [0.5, 0.6) is 0 Å². The summed E-state index contributed by atoms with van der Waals surface area (Å²) in [6.45, 7) is 2.32. The van der Waals surface area contributed by atoms with E-state index in [-0.39, 0.29) is 10.6 Å². The minimum Gasteiger partial charge on any atom is -0.467 e. The van der Waals surface area contributed by atoms with Crippen molar-refractivity contribution < 1.29 is 9.34 Å². The van der Waals surface area contributed by atoms with Crippen molar-refractivity contribution in [2.24, 2.45) is 0 Å². The Balaban J connectivity index is 1.59. The molecule has 3 rings (SSSR count). The van der Waals surface area contributed by atoms with Gasteiger partial charge in [0.1, 0.15) is 5.76 Å². The summed E-state index contributed by atoms with van der Waals surface area (Å²) in [5.74, 6) is 1.44. The van der Waals surface area contributed by atoms with E-state index in [2.05, 4.69) is 15.5 Å². The molecule has 1 N–H and O–H groups in total. The lowest BCUT2D eigenvalue weighted by molar-refractivity contribution is -0.385. The maximum Gasteiger partial charge on any atom is 0.272 e. The van der Waals surface area contributed by atoms with Crippen LogP contribution in [0, 0.1) is 17.0 Å². The lowest BCUT2D eigenvalue weighted by Gasteiger charge is -2.04. The summed E-state index contributed by atoms with van der Waals surface area (Å²) < 4.78 is 6.05. The third-order valence-electron chi connectivity index (χ3n) is 3.37. The van der Waals surface area contributed by atoms with Crippen molar-refractivity contribution in [1.82, 2.24) is 10.2 Å². The summed E-state index contributed by atoms with van der Waals surface area (Å²) in [7, 11) is 0. The number of nitro benzene ring substituents is 1. The molecule has 24 heavy (non-hydrogen) atoms. The first-order valence-electron chi connectivity index (χ1n) is 7.09. The third-order valence-corrected chi connectivity index (χ3v) is 5.43. The lowest BCUT2D eigenvalue weighted by Crippen LogP contribution is -1.96. The van der Waals surface area contributed by atoms with Crippen LogP contribution in [0.1, 0.15) is 16.9 Å². The van der Waals surface area contributed by atoms with E-state index >= 15 is 0 Å². The Labute approximate surface area is 146 Å². The molecular formula is C15H14N4O3S2. The zero-order valence-corrected chi connectivity index (χ0v) is 14.4. The molecule has 0 saturated heterocycles. The summed E-state index contributed by atoms with van der Waals surface area (Å²) >= 11 is 2.96. The summed E-state index contributed by atoms with van der Waals surface area (Å²) in [5.41, 5.74) is 1.76. The van der Waals surface area contributed by atoms with E-state index < -0.39 is 0 Å². The van der Waals surface area contributed by atoms with Crippen molar-refractivity contribution in [2.75, 3.05) is 5.32 Å². The molecule has 9 heteroatoms. The first-order valence-corrected chi connectivity index (χ1v) is 8.89. The van der Waals surface area contributed by atoms with Gasteiger partial charge >= 0.3 is 0 Å². The average Bonchev–Trinajstić information content (AvgIpc) is 3.23. The van der Waals surface area contributed by atoms with E-state index in [1.165, 1.54) is 29.2 Å². The van der Waals surface area contributed by atoms with Gasteiger partial charge in [-0.15, -0.1) is 10.2 Å². The molecule has 0 radical (unpaired) electrons. The first-order chi connectivity index (χ1) is 11.6. The molecule has 0 unspecified atom stereocenters. The van der Waals surface area contributed by atoms with Crippen molar-refractivity contribution in [3.05, 3.63) is 63.6 Å². The molecule has 0 bridgehead atoms. The van der Waals surface area contributed by atoms with Crippen LogP contribution in [0.25, 0.3) is 0 Å². The molecule has 0 fully saturated rings. The molecule has 0 aliphatic carbocycles. The highest BCUT2D eigenvalue weighted by molar-refractivity contribution is 8.00. The van der Waals surface area contributed by atoms with Crippen molar-refractivity contribution in [1.29, 1.82) is 0 Å². The zero-order valence-electron chi connectivity index (χ0n) is 12.8. The minimum absolute atomic E-state index is 0.145. The van der Waals surface area contributed by atoms with Gasteiger partial charge in [0.25, 0.3) is 5.69 Å². The van der Waals surface area contributed by atoms with E-state index in [9.17, 15) is 10.1 Å². The van der Waals surface area contributed by atoms with Crippen molar-refractivity contribution in [3.8, 4) is 0 Å². The van der Waals surface area contributed by atoms with Crippen LogP contribution in [0.2, 0.25) is 0 Å². The van der Waals surface area contributed by atoms with Crippen LogP contribution in [0.15, 0.2) is 45.4 Å². The number of furan rings is 1. The molecule has 7 nitrogen and oxygen atoms in total. The number of nitrogens with one attached hydrogen (secondary N) is 1. The van der Waals surface area contributed by atoms with E-state index in [0.29, 0.717) is 23.0 Å². The Hall–Kier alpha value is -2.39. The molecule has 0 aliphatic heterocycles. The van der Waals surface area contributed by atoms with Gasteiger partial charge in [0.15, 0.2) is 4.34 Å². The predicted octanol–water partition coefficient (Wildman–Crippen LogP) is 4.25. The number of aromatic nitrogens is 2. The zero-order chi connectivity index (χ0) is 16.9. The SMILES string of the molecule is Cc1c(CSc2nnc(NCc3ccco3)s2)cccc1[N+](=O)[O-]. The van der Waals surface area contributed by atoms with E-state index in [1.807, 2.05) is 18.2 Å². The summed E-state index contributed by atoms with van der Waals surface area (Å²) in [4.78, 5) is 10.6. The Bertz CT molecular complexity index is 833. The van der Waals surface area contributed by atoms with Gasteiger partial charge in [-0.2, -0.15) is 0 Å². The van der Waals surface area contributed by atoms with Gasteiger partial charge in [-0.05, 0) is 24.6 Å². The molecule has 1 aromatic carbocycles. The molecule has 3 aromatic rings. The topological polar surface area (TPSA) is 94.1 Å². The fourth-order valence-electron chi connectivity index (χ4n) is 2.08. The quantitative estimate of drug-likeness (QED) is 0.381. The summed E-state index contributed by atoms with van der Waals surface area (Å²) in [6, 6.07) is 8.84. The maximum atomic E-state index is 11.0. The van der Waals surface area contributed by atoms with E-state index in [0.717, 1.165) is 15.7 Å². The Kier molecular flexibility index (Phi) is 5.11. The van der Waals surface area contributed by atoms with Crippen molar-refractivity contribution in [3.63, 3.8) is 0 Å². The highest BCUT2D eigenvalue weighted by Gasteiger charge is 2.14. The molecule has 0 aliphatic rings. The molecule has 0 saturated carbocycles. The van der Waals surface area contributed by atoms with Crippen molar-refractivity contribution >= 4 is 33.9 Å². The fraction of sp³-hybridized carbons (Fsp3) is 0.200. The van der Waals surface area contributed by atoms with E-state index in [4.69, 9.17) is 4.42 Å². The normalized spacial score (nSPS) is 10.7. The number of thioether (sulfide) groups is 1. The van der Waals surface area contributed by atoms with Crippen LogP contribution >= 0.6 is 23.1 Å². The highest BCUT2D eigenvalue weighted by Crippen LogP contribution is 2.31. The molecular weight excluding hydrogens is 348 g/mol. The number of anilines is 1. The van der Waals surface area contributed by atoms with Crippen molar-refractivity contribution in [2.45, 2.75) is 23.6 Å². The van der Waals surface area contributed by atoms with Gasteiger partial charge in [0, 0.05) is 17.4 Å². The molecule has 0 spiro atoms. The van der Waals surface area contributed by atoms with Crippen LogP contribution in [0.4, 0.5) is 10.8 Å². The number of rotatable bonds is 7. The van der Waals surface area contributed by atoms with Gasteiger partial charge in [-0.1, -0.05) is 35.2 Å². The third kappa shape index (κ3) is 3.92. The van der Waals surface area contributed by atoms with Crippen LogP contribution < -0.4 is 5.32 Å². The Morgan fingerprint density at radius 1 is 1.33 bits per heavy atom. The Morgan fingerprint density at radius 2 is 2.21 bits per heavy atom. The second kappa shape index (κ2) is 7.45. The minimum atomic E-state index is -0.356. The number of nitrogens with zero attached hydrogens (tertiary/aromatic N) is 3. The van der Waals surface area contributed by atoms with Crippen LogP contribution in [-0.2, 0) is 12.3 Å². The lowest BCUT2D eigenvalue weighted by atomic mass is 10.1. The Morgan fingerprint density at radius 3 is 2.96 bits per heavy atom. The molecule has 2 aromatic heterocycles. The summed E-state index contributed by atoms with van der Waals surface area (Å²) in [5, 5.41) is 23.1. The highest BCUT2D eigenvalue weighted by atomic mass is 32.2. The molecule has 0 amide bonds.